The maximum atomic E-state index is 13.3. The van der Waals surface area contributed by atoms with Crippen molar-refractivity contribution in [1.82, 2.24) is 5.32 Å². The number of urea groups is 1. The number of imide groups is 2. The van der Waals surface area contributed by atoms with Gasteiger partial charge < -0.3 is 13.7 Å². The smallest absolute Gasteiger partial charge is 0.339 e. The van der Waals surface area contributed by atoms with Crippen molar-refractivity contribution in [2.24, 2.45) is 0 Å². The van der Waals surface area contributed by atoms with E-state index < -0.39 is 28.0 Å². The molecule has 1 fully saturated rings. The van der Waals surface area contributed by atoms with E-state index >= 15 is 0 Å². The van der Waals surface area contributed by atoms with E-state index in [-0.39, 0.29) is 34.3 Å². The van der Waals surface area contributed by atoms with Crippen LogP contribution in [0.15, 0.2) is 71.1 Å². The molecule has 0 spiro atoms. The number of rotatable bonds is 9. The minimum Gasteiger partial charge on any atom is -0.494 e. The average Bonchev–Trinajstić information content (AvgIpc) is 2.90. The lowest BCUT2D eigenvalue weighted by Crippen LogP contribution is -2.54. The van der Waals surface area contributed by atoms with Gasteiger partial charge in [0.05, 0.1) is 22.5 Å². The summed E-state index contributed by atoms with van der Waals surface area (Å²) in [6.45, 7) is 4.15. The Morgan fingerprint density at radius 1 is 0.950 bits per heavy atom. The summed E-state index contributed by atoms with van der Waals surface area (Å²) in [7, 11) is -4.23. The van der Waals surface area contributed by atoms with Crippen molar-refractivity contribution in [2.45, 2.75) is 18.7 Å². The van der Waals surface area contributed by atoms with Crippen molar-refractivity contribution in [2.75, 3.05) is 18.1 Å². The minimum atomic E-state index is -4.23. The van der Waals surface area contributed by atoms with Crippen LogP contribution >= 0.6 is 34.2 Å². The standard InChI is InChI=1S/C27H22ClIN2O8S/c1-3-37-19-9-7-18(8-10-19)31-26(33)21(25(32)30-27(31)34)13-16-14-22(29)24(23(15-16)38-4-2)39-40(35,36)20-11-5-17(28)6-12-20/h5-15H,3-4H2,1-2H3,(H,30,32,34)/b21-13+. The van der Waals surface area contributed by atoms with E-state index in [0.717, 1.165) is 4.90 Å². The lowest BCUT2D eigenvalue weighted by Gasteiger charge is -2.26. The molecule has 4 amide bonds. The molecule has 13 heteroatoms. The van der Waals surface area contributed by atoms with Crippen LogP contribution in [0.25, 0.3) is 6.08 Å². The highest BCUT2D eigenvalue weighted by Gasteiger charge is 2.37. The Labute approximate surface area is 249 Å². The molecule has 0 bridgehead atoms. The van der Waals surface area contributed by atoms with Gasteiger partial charge in [-0.25, -0.2) is 9.69 Å². The molecule has 0 radical (unpaired) electrons. The second-order valence-electron chi connectivity index (χ2n) is 8.14. The predicted octanol–water partition coefficient (Wildman–Crippen LogP) is 5.18. The van der Waals surface area contributed by atoms with Gasteiger partial charge in [0, 0.05) is 5.02 Å². The first-order valence-electron chi connectivity index (χ1n) is 11.8. The Hall–Kier alpha value is -3.62. The first-order valence-corrected chi connectivity index (χ1v) is 14.7. The van der Waals surface area contributed by atoms with Gasteiger partial charge in [-0.2, -0.15) is 8.42 Å². The van der Waals surface area contributed by atoms with E-state index in [2.05, 4.69) is 5.32 Å². The van der Waals surface area contributed by atoms with Crippen LogP contribution in [0.2, 0.25) is 5.02 Å². The minimum absolute atomic E-state index is 0.0647. The molecular weight excluding hydrogens is 675 g/mol. The maximum absolute atomic E-state index is 13.3. The van der Waals surface area contributed by atoms with E-state index in [0.29, 0.717) is 26.5 Å². The van der Waals surface area contributed by atoms with E-state index in [4.69, 9.17) is 25.3 Å². The number of halogens is 2. The van der Waals surface area contributed by atoms with Crippen LogP contribution in [0.3, 0.4) is 0 Å². The van der Waals surface area contributed by atoms with Gasteiger partial charge in [-0.1, -0.05) is 11.6 Å². The molecule has 4 rings (SSSR count). The Kier molecular flexibility index (Phi) is 9.01. The first kappa shape index (κ1) is 29.4. The van der Waals surface area contributed by atoms with Crippen LogP contribution in [-0.4, -0.2) is 39.5 Å². The summed E-state index contributed by atoms with van der Waals surface area (Å²) in [5.41, 5.74) is 0.267. The van der Waals surface area contributed by atoms with Gasteiger partial charge in [-0.05, 0) is 109 Å². The number of ether oxygens (including phenoxy) is 2. The molecule has 3 aromatic carbocycles. The van der Waals surface area contributed by atoms with E-state index in [1.165, 1.54) is 54.6 Å². The molecule has 40 heavy (non-hydrogen) atoms. The number of carbonyl (C=O) groups excluding carboxylic acids is 3. The van der Waals surface area contributed by atoms with Gasteiger partial charge >= 0.3 is 16.1 Å². The number of hydrogen-bond acceptors (Lipinski definition) is 8. The number of benzene rings is 3. The highest BCUT2D eigenvalue weighted by atomic mass is 127. The van der Waals surface area contributed by atoms with Crippen molar-refractivity contribution in [1.29, 1.82) is 0 Å². The predicted molar refractivity (Wildman–Crippen MR) is 156 cm³/mol. The Morgan fingerprint density at radius 2 is 1.60 bits per heavy atom. The highest BCUT2D eigenvalue weighted by molar-refractivity contribution is 14.1. The van der Waals surface area contributed by atoms with Crippen molar-refractivity contribution in [3.8, 4) is 17.2 Å². The normalized spacial score (nSPS) is 14.8. The number of hydrogen-bond donors (Lipinski definition) is 1. The zero-order valence-electron chi connectivity index (χ0n) is 21.1. The van der Waals surface area contributed by atoms with Crippen LogP contribution in [0, 0.1) is 3.57 Å². The molecule has 0 atom stereocenters. The molecule has 1 aliphatic heterocycles. The average molecular weight is 697 g/mol. The lowest BCUT2D eigenvalue weighted by molar-refractivity contribution is -0.122. The fourth-order valence-electron chi connectivity index (χ4n) is 3.69. The van der Waals surface area contributed by atoms with Crippen molar-refractivity contribution in [3.63, 3.8) is 0 Å². The van der Waals surface area contributed by atoms with Crippen LogP contribution in [0.4, 0.5) is 10.5 Å². The third kappa shape index (κ3) is 6.40. The van der Waals surface area contributed by atoms with Gasteiger partial charge in [-0.15, -0.1) is 0 Å². The largest absolute Gasteiger partial charge is 0.494 e. The molecule has 1 saturated heterocycles. The number of barbiturate groups is 1. The lowest BCUT2D eigenvalue weighted by atomic mass is 10.1. The summed E-state index contributed by atoms with van der Waals surface area (Å²) in [5, 5.41) is 2.53. The number of anilines is 1. The fourth-order valence-corrected chi connectivity index (χ4v) is 5.66. The van der Waals surface area contributed by atoms with E-state index in [1.807, 2.05) is 29.5 Å². The molecule has 1 heterocycles. The Balaban J connectivity index is 1.69. The molecule has 0 saturated carbocycles. The number of amides is 4. The molecule has 208 valence electrons. The summed E-state index contributed by atoms with van der Waals surface area (Å²) >= 11 is 7.73. The van der Waals surface area contributed by atoms with Gasteiger partial charge in [0.1, 0.15) is 16.2 Å². The maximum Gasteiger partial charge on any atom is 0.339 e. The Morgan fingerprint density at radius 3 is 2.23 bits per heavy atom. The molecule has 10 nitrogen and oxygen atoms in total. The van der Waals surface area contributed by atoms with Crippen LogP contribution < -0.4 is 23.9 Å². The zero-order valence-corrected chi connectivity index (χ0v) is 24.9. The fraction of sp³-hybridized carbons (Fsp3) is 0.148. The monoisotopic (exact) mass is 696 g/mol. The van der Waals surface area contributed by atoms with Crippen molar-refractivity contribution >= 4 is 73.9 Å². The van der Waals surface area contributed by atoms with Crippen LogP contribution in [-0.2, 0) is 19.7 Å². The topological polar surface area (TPSA) is 128 Å². The SMILES string of the molecule is CCOc1ccc(N2C(=O)NC(=O)/C(=C\c3cc(I)c(OS(=O)(=O)c4ccc(Cl)cc4)c(OCC)c3)C2=O)cc1. The van der Waals surface area contributed by atoms with Crippen molar-refractivity contribution < 1.29 is 36.5 Å². The van der Waals surface area contributed by atoms with Crippen LogP contribution in [0.5, 0.6) is 17.2 Å². The highest BCUT2D eigenvalue weighted by Crippen LogP contribution is 2.37. The summed E-state index contributed by atoms with van der Waals surface area (Å²) in [4.78, 5) is 39.2. The third-order valence-electron chi connectivity index (χ3n) is 5.45. The quantitative estimate of drug-likeness (QED) is 0.140. The second kappa shape index (κ2) is 12.3. The summed E-state index contributed by atoms with van der Waals surface area (Å²) in [5.74, 6) is -1.15. The number of nitrogens with one attached hydrogen (secondary N) is 1. The molecule has 3 aromatic rings. The Bertz CT molecular complexity index is 1610. The van der Waals surface area contributed by atoms with E-state index in [9.17, 15) is 22.8 Å². The summed E-state index contributed by atoms with van der Waals surface area (Å²) in [6.07, 6.45) is 1.29. The van der Waals surface area contributed by atoms with Crippen LogP contribution in [0.1, 0.15) is 19.4 Å². The molecule has 0 aliphatic carbocycles. The van der Waals surface area contributed by atoms with Crippen molar-refractivity contribution in [3.05, 3.63) is 80.4 Å². The summed E-state index contributed by atoms with van der Waals surface area (Å²) < 4.78 is 42.6. The molecule has 0 unspecified atom stereocenters. The van der Waals surface area contributed by atoms with Gasteiger partial charge in [0.2, 0.25) is 0 Å². The molecule has 1 N–H and O–H groups in total. The third-order valence-corrected chi connectivity index (χ3v) is 7.73. The zero-order chi connectivity index (χ0) is 29.0. The summed E-state index contributed by atoms with van der Waals surface area (Å²) in [6, 6.07) is 13.8. The van der Waals surface area contributed by atoms with Gasteiger partial charge in [-0.3, -0.25) is 14.9 Å². The first-order chi connectivity index (χ1) is 19.0. The molecular formula is C27H22ClIN2O8S. The second-order valence-corrected chi connectivity index (χ2v) is 11.3. The van der Waals surface area contributed by atoms with Gasteiger partial charge in [0.15, 0.2) is 11.5 Å². The number of carbonyl (C=O) groups is 3. The van der Waals surface area contributed by atoms with E-state index in [1.54, 1.807) is 19.1 Å². The van der Waals surface area contributed by atoms with Gasteiger partial charge in [0.25, 0.3) is 11.8 Å². The number of nitrogens with zero attached hydrogens (tertiary/aromatic N) is 1. The molecule has 1 aliphatic rings. The molecule has 0 aromatic heterocycles.